The third-order valence-electron chi connectivity index (χ3n) is 6.74. The molecule has 208 valence electrons. The van der Waals surface area contributed by atoms with Gasteiger partial charge in [-0.1, -0.05) is 30.3 Å². The minimum atomic E-state index is -1.34. The van der Waals surface area contributed by atoms with E-state index in [1.54, 1.807) is 24.3 Å². The number of alkyl carbamates (subject to hydrolysis) is 1. The molecule has 13 nitrogen and oxygen atoms in total. The number of likely N-dealkylation sites (tertiary alicyclic amines) is 2. The van der Waals surface area contributed by atoms with E-state index in [9.17, 15) is 34.2 Å². The Balaban J connectivity index is 1.65. The van der Waals surface area contributed by atoms with Crippen LogP contribution in [0.4, 0.5) is 4.79 Å². The summed E-state index contributed by atoms with van der Waals surface area (Å²) in [5.74, 6) is -2.59. The van der Waals surface area contributed by atoms with Gasteiger partial charge in [0.25, 0.3) is 0 Å². The van der Waals surface area contributed by atoms with Gasteiger partial charge in [0.05, 0.1) is 12.7 Å². The van der Waals surface area contributed by atoms with Crippen LogP contribution < -0.4 is 16.4 Å². The number of aliphatic hydroxyl groups excluding tert-OH is 2. The van der Waals surface area contributed by atoms with E-state index in [-0.39, 0.29) is 19.7 Å². The van der Waals surface area contributed by atoms with Crippen LogP contribution in [0.2, 0.25) is 0 Å². The normalized spacial score (nSPS) is 21.3. The number of carbonyl (C=O) groups is 5. The SMILES string of the molecule is C[C@@H](O)[C@H](NC(=O)OCc1ccccc1)C(=O)N1CCC[C@H]1C(=O)N1CCC[C@H]1C(=O)N[C@@H](CO)C(N)=O. The molecule has 13 heteroatoms. The molecule has 0 aromatic heterocycles. The molecule has 2 heterocycles. The molecule has 2 fully saturated rings. The zero-order valence-corrected chi connectivity index (χ0v) is 21.2. The zero-order valence-electron chi connectivity index (χ0n) is 21.2. The minimum absolute atomic E-state index is 0.0243. The van der Waals surface area contributed by atoms with Crippen LogP contribution in [0.1, 0.15) is 38.2 Å². The molecule has 5 amide bonds. The molecule has 0 spiro atoms. The molecule has 1 aromatic carbocycles. The maximum absolute atomic E-state index is 13.5. The Hall–Kier alpha value is -3.71. The first-order chi connectivity index (χ1) is 18.1. The maximum Gasteiger partial charge on any atom is 0.408 e. The van der Waals surface area contributed by atoms with E-state index in [1.165, 1.54) is 16.7 Å². The molecule has 0 aliphatic carbocycles. The largest absolute Gasteiger partial charge is 0.445 e. The van der Waals surface area contributed by atoms with E-state index < -0.39 is 66.6 Å². The fourth-order valence-electron chi connectivity index (χ4n) is 4.72. The lowest BCUT2D eigenvalue weighted by molar-refractivity contribution is -0.148. The van der Waals surface area contributed by atoms with Crippen molar-refractivity contribution in [3.05, 3.63) is 35.9 Å². The third-order valence-corrected chi connectivity index (χ3v) is 6.74. The number of carbonyl (C=O) groups excluding carboxylic acids is 5. The van der Waals surface area contributed by atoms with Crippen molar-refractivity contribution in [2.24, 2.45) is 5.73 Å². The van der Waals surface area contributed by atoms with E-state index in [0.29, 0.717) is 25.7 Å². The minimum Gasteiger partial charge on any atom is -0.445 e. The number of hydrogen-bond donors (Lipinski definition) is 5. The first-order valence-electron chi connectivity index (χ1n) is 12.6. The number of amides is 5. The summed E-state index contributed by atoms with van der Waals surface area (Å²) in [4.78, 5) is 66.0. The molecule has 3 rings (SSSR count). The van der Waals surface area contributed by atoms with Crippen molar-refractivity contribution in [1.82, 2.24) is 20.4 Å². The Morgan fingerprint density at radius 1 is 1.03 bits per heavy atom. The average molecular weight is 534 g/mol. The van der Waals surface area contributed by atoms with Gasteiger partial charge in [-0.15, -0.1) is 0 Å². The number of aliphatic hydroxyl groups is 2. The topological polar surface area (TPSA) is 192 Å². The number of benzene rings is 1. The van der Waals surface area contributed by atoms with Crippen LogP contribution in [-0.2, 0) is 30.5 Å². The fraction of sp³-hybridized carbons (Fsp3) is 0.560. The fourth-order valence-corrected chi connectivity index (χ4v) is 4.72. The van der Waals surface area contributed by atoms with E-state index in [1.807, 2.05) is 6.07 Å². The predicted molar refractivity (Wildman–Crippen MR) is 133 cm³/mol. The molecular formula is C25H35N5O8. The van der Waals surface area contributed by atoms with E-state index >= 15 is 0 Å². The van der Waals surface area contributed by atoms with Gasteiger partial charge >= 0.3 is 6.09 Å². The Labute approximate surface area is 220 Å². The van der Waals surface area contributed by atoms with E-state index in [4.69, 9.17) is 10.5 Å². The van der Waals surface area contributed by atoms with Crippen LogP contribution in [0.15, 0.2) is 30.3 Å². The molecule has 38 heavy (non-hydrogen) atoms. The molecular weight excluding hydrogens is 498 g/mol. The Kier molecular flexibility index (Phi) is 10.0. The summed E-state index contributed by atoms with van der Waals surface area (Å²) in [5, 5.41) is 24.3. The number of rotatable bonds is 10. The summed E-state index contributed by atoms with van der Waals surface area (Å²) in [7, 11) is 0. The van der Waals surface area contributed by atoms with Crippen molar-refractivity contribution in [3.8, 4) is 0 Å². The van der Waals surface area contributed by atoms with Crippen molar-refractivity contribution >= 4 is 29.7 Å². The van der Waals surface area contributed by atoms with Crippen molar-refractivity contribution in [2.45, 2.75) is 69.5 Å². The standard InChI is InChI=1S/C25H35N5O8/c1-15(32)20(28-25(37)38-14-16-7-3-2-4-8-16)24(36)30-12-6-10-19(30)23(35)29-11-5-9-18(29)22(34)27-17(13-31)21(26)33/h2-4,7-8,15,17-20,31-32H,5-6,9-14H2,1H3,(H2,26,33)(H,27,34)(H,28,37)/t15-,17+,18+,19+,20+/m1/s1. The highest BCUT2D eigenvalue weighted by Crippen LogP contribution is 2.26. The molecule has 2 saturated heterocycles. The lowest BCUT2D eigenvalue weighted by Crippen LogP contribution is -2.59. The van der Waals surface area contributed by atoms with Crippen molar-refractivity contribution in [1.29, 1.82) is 0 Å². The molecule has 1 aromatic rings. The lowest BCUT2D eigenvalue weighted by Gasteiger charge is -2.33. The van der Waals surface area contributed by atoms with Crippen molar-refractivity contribution < 1.29 is 38.9 Å². The second kappa shape index (κ2) is 13.2. The quantitative estimate of drug-likeness (QED) is 0.243. The second-order valence-electron chi connectivity index (χ2n) is 9.45. The molecule has 2 aliphatic rings. The molecule has 5 atom stereocenters. The van der Waals surface area contributed by atoms with Crippen LogP contribution >= 0.6 is 0 Å². The Morgan fingerprint density at radius 3 is 2.26 bits per heavy atom. The average Bonchev–Trinajstić information content (AvgIpc) is 3.59. The summed E-state index contributed by atoms with van der Waals surface area (Å²) in [5.41, 5.74) is 5.93. The third kappa shape index (κ3) is 6.98. The number of nitrogens with two attached hydrogens (primary N) is 1. The first kappa shape index (κ1) is 28.9. The smallest absolute Gasteiger partial charge is 0.408 e. The van der Waals surface area contributed by atoms with Crippen LogP contribution in [0.5, 0.6) is 0 Å². The summed E-state index contributed by atoms with van der Waals surface area (Å²) in [6.45, 7) is 1.17. The van der Waals surface area contributed by atoms with Gasteiger partial charge in [0.1, 0.15) is 30.8 Å². The molecule has 2 aliphatic heterocycles. The lowest BCUT2D eigenvalue weighted by atomic mass is 10.1. The van der Waals surface area contributed by atoms with Gasteiger partial charge in [0.2, 0.25) is 23.6 Å². The van der Waals surface area contributed by atoms with Gasteiger partial charge in [-0.25, -0.2) is 4.79 Å². The van der Waals surface area contributed by atoms with Crippen LogP contribution in [-0.4, -0.2) is 99.7 Å². The van der Waals surface area contributed by atoms with Crippen LogP contribution in [0.3, 0.4) is 0 Å². The zero-order chi connectivity index (χ0) is 27.8. The number of primary amides is 1. The molecule has 6 N–H and O–H groups in total. The summed E-state index contributed by atoms with van der Waals surface area (Å²) < 4.78 is 5.17. The summed E-state index contributed by atoms with van der Waals surface area (Å²) in [6, 6.07) is 4.57. The monoisotopic (exact) mass is 533 g/mol. The van der Waals surface area contributed by atoms with Gasteiger partial charge in [-0.05, 0) is 38.2 Å². The highest BCUT2D eigenvalue weighted by molar-refractivity contribution is 5.96. The maximum atomic E-state index is 13.5. The summed E-state index contributed by atoms with van der Waals surface area (Å²) in [6.07, 6.45) is -0.402. The van der Waals surface area contributed by atoms with E-state index in [0.717, 1.165) is 5.56 Å². The number of ether oxygens (including phenoxy) is 1. The van der Waals surface area contributed by atoms with Crippen molar-refractivity contribution in [2.75, 3.05) is 19.7 Å². The van der Waals surface area contributed by atoms with Gasteiger partial charge in [0, 0.05) is 13.1 Å². The Morgan fingerprint density at radius 2 is 1.66 bits per heavy atom. The van der Waals surface area contributed by atoms with Gasteiger partial charge in [-0.3, -0.25) is 19.2 Å². The molecule has 0 bridgehead atoms. The van der Waals surface area contributed by atoms with Gasteiger partial charge in [0.15, 0.2) is 0 Å². The van der Waals surface area contributed by atoms with Gasteiger partial charge in [-0.2, -0.15) is 0 Å². The van der Waals surface area contributed by atoms with Crippen molar-refractivity contribution in [3.63, 3.8) is 0 Å². The summed E-state index contributed by atoms with van der Waals surface area (Å²) >= 11 is 0. The van der Waals surface area contributed by atoms with Crippen LogP contribution in [0, 0.1) is 0 Å². The highest BCUT2D eigenvalue weighted by Gasteiger charge is 2.44. The van der Waals surface area contributed by atoms with Gasteiger partial charge < -0.3 is 41.1 Å². The van der Waals surface area contributed by atoms with E-state index in [2.05, 4.69) is 10.6 Å². The number of hydrogen-bond acceptors (Lipinski definition) is 8. The number of nitrogens with zero attached hydrogens (tertiary/aromatic N) is 2. The second-order valence-corrected chi connectivity index (χ2v) is 9.45. The Bertz CT molecular complexity index is 1020. The number of nitrogens with one attached hydrogen (secondary N) is 2. The van der Waals surface area contributed by atoms with Crippen LogP contribution in [0.25, 0.3) is 0 Å². The molecule has 0 unspecified atom stereocenters. The highest BCUT2D eigenvalue weighted by atomic mass is 16.5. The molecule has 0 radical (unpaired) electrons. The first-order valence-corrected chi connectivity index (χ1v) is 12.6. The molecule has 0 saturated carbocycles. The predicted octanol–water partition coefficient (Wildman–Crippen LogP) is -1.39.